The molecule has 2 heterocycles. The first kappa shape index (κ1) is 30.7. The van der Waals surface area contributed by atoms with Gasteiger partial charge in [0, 0.05) is 16.7 Å². The van der Waals surface area contributed by atoms with Gasteiger partial charge in [0.05, 0.1) is 50.8 Å². The lowest BCUT2D eigenvalue weighted by Crippen LogP contribution is -2.40. The van der Waals surface area contributed by atoms with Gasteiger partial charge in [0.2, 0.25) is 0 Å². The topological polar surface area (TPSA) is 97.6 Å². The molecule has 0 bridgehead atoms. The molecule has 0 fully saturated rings. The van der Waals surface area contributed by atoms with E-state index in [9.17, 15) is 9.59 Å². The number of carbonyl (C=O) groups is 1. The standard InChI is InChI=1S/C36H32N2O7S/c1-6-45-35(40)30-31(22-11-8-7-9-12-22)37-36-38(32(30)24-13-10-14-28(43-4)33(24)44-5)34(39)29(46-36)20-26-25-19-23(41-2)17-15-21(25)16-18-27(26)42-3/h7-20,32H,6H2,1-5H3. The molecule has 9 nitrogen and oxygen atoms in total. The second kappa shape index (κ2) is 12.9. The van der Waals surface area contributed by atoms with Crippen LogP contribution in [0.2, 0.25) is 0 Å². The summed E-state index contributed by atoms with van der Waals surface area (Å²) in [6.07, 6.45) is 1.81. The number of methoxy groups -OCH3 is 4. The molecule has 0 saturated heterocycles. The van der Waals surface area contributed by atoms with Crippen LogP contribution >= 0.6 is 11.3 Å². The molecule has 46 heavy (non-hydrogen) atoms. The Balaban J connectivity index is 1.72. The number of benzene rings is 4. The van der Waals surface area contributed by atoms with E-state index < -0.39 is 12.0 Å². The molecule has 0 radical (unpaired) electrons. The second-order valence-electron chi connectivity index (χ2n) is 10.3. The summed E-state index contributed by atoms with van der Waals surface area (Å²) in [6, 6.07) is 23.4. The minimum Gasteiger partial charge on any atom is -0.497 e. The predicted octanol–water partition coefficient (Wildman–Crippen LogP) is 5.12. The Bertz CT molecular complexity index is 2160. The van der Waals surface area contributed by atoms with Gasteiger partial charge in [-0.3, -0.25) is 9.36 Å². The lowest BCUT2D eigenvalue weighted by Gasteiger charge is -2.27. The van der Waals surface area contributed by atoms with Gasteiger partial charge >= 0.3 is 5.97 Å². The van der Waals surface area contributed by atoms with E-state index in [2.05, 4.69) is 0 Å². The molecule has 0 amide bonds. The van der Waals surface area contributed by atoms with Crippen LogP contribution in [0.5, 0.6) is 23.0 Å². The highest BCUT2D eigenvalue weighted by Gasteiger charge is 2.37. The number of nitrogens with zero attached hydrogens (tertiary/aromatic N) is 2. The van der Waals surface area contributed by atoms with Gasteiger partial charge in [-0.15, -0.1) is 0 Å². The van der Waals surface area contributed by atoms with Crippen molar-refractivity contribution in [3.8, 4) is 23.0 Å². The van der Waals surface area contributed by atoms with E-state index in [4.69, 9.17) is 28.7 Å². The van der Waals surface area contributed by atoms with Gasteiger partial charge in [-0.25, -0.2) is 9.79 Å². The van der Waals surface area contributed by atoms with Crippen LogP contribution in [0.4, 0.5) is 0 Å². The largest absolute Gasteiger partial charge is 0.497 e. The Kier molecular flexibility index (Phi) is 8.63. The van der Waals surface area contributed by atoms with Gasteiger partial charge in [0.1, 0.15) is 17.5 Å². The zero-order chi connectivity index (χ0) is 32.4. The molecule has 234 valence electrons. The van der Waals surface area contributed by atoms with Gasteiger partial charge < -0.3 is 23.7 Å². The van der Waals surface area contributed by atoms with Crippen molar-refractivity contribution < 1.29 is 28.5 Å². The summed E-state index contributed by atoms with van der Waals surface area (Å²) in [7, 11) is 6.26. The number of para-hydroxylation sites is 1. The molecule has 5 aromatic rings. The van der Waals surface area contributed by atoms with E-state index in [1.807, 2.05) is 66.7 Å². The second-order valence-corrected chi connectivity index (χ2v) is 11.3. The van der Waals surface area contributed by atoms with Crippen LogP contribution < -0.4 is 33.8 Å². The van der Waals surface area contributed by atoms with Crippen molar-refractivity contribution in [2.45, 2.75) is 13.0 Å². The normalized spacial score (nSPS) is 14.5. The van der Waals surface area contributed by atoms with Gasteiger partial charge in [-0.1, -0.05) is 65.9 Å². The monoisotopic (exact) mass is 636 g/mol. The number of esters is 1. The maximum Gasteiger partial charge on any atom is 0.338 e. The summed E-state index contributed by atoms with van der Waals surface area (Å²) in [6.45, 7) is 1.88. The summed E-state index contributed by atoms with van der Waals surface area (Å²) in [5.74, 6) is 1.53. The number of ether oxygens (including phenoxy) is 5. The van der Waals surface area contributed by atoms with Crippen molar-refractivity contribution in [3.05, 3.63) is 121 Å². The molecule has 6 rings (SSSR count). The van der Waals surface area contributed by atoms with E-state index >= 15 is 0 Å². The average Bonchev–Trinajstić information content (AvgIpc) is 3.41. The highest BCUT2D eigenvalue weighted by molar-refractivity contribution is 7.07. The molecule has 0 spiro atoms. The fourth-order valence-electron chi connectivity index (χ4n) is 5.75. The van der Waals surface area contributed by atoms with Crippen molar-refractivity contribution in [3.63, 3.8) is 0 Å². The third-order valence-corrected chi connectivity index (χ3v) is 8.81. The summed E-state index contributed by atoms with van der Waals surface area (Å²) < 4.78 is 30.2. The van der Waals surface area contributed by atoms with Gasteiger partial charge in [0.25, 0.3) is 5.56 Å². The van der Waals surface area contributed by atoms with Crippen LogP contribution in [0.3, 0.4) is 0 Å². The fourth-order valence-corrected chi connectivity index (χ4v) is 6.73. The first-order chi connectivity index (χ1) is 22.4. The Labute approximate surface area is 269 Å². The number of hydrogen-bond donors (Lipinski definition) is 0. The summed E-state index contributed by atoms with van der Waals surface area (Å²) in [4.78, 5) is 33.8. The molecule has 1 unspecified atom stereocenters. The summed E-state index contributed by atoms with van der Waals surface area (Å²) >= 11 is 1.22. The van der Waals surface area contributed by atoms with Crippen LogP contribution in [-0.2, 0) is 9.53 Å². The highest BCUT2D eigenvalue weighted by atomic mass is 32.1. The third kappa shape index (κ3) is 5.30. The van der Waals surface area contributed by atoms with E-state index in [1.54, 1.807) is 39.4 Å². The molecule has 1 atom stereocenters. The van der Waals surface area contributed by atoms with Crippen molar-refractivity contribution in [2.75, 3.05) is 35.0 Å². The average molecular weight is 637 g/mol. The van der Waals surface area contributed by atoms with E-state index in [0.717, 1.165) is 10.8 Å². The van der Waals surface area contributed by atoms with Crippen molar-refractivity contribution >= 4 is 39.9 Å². The maximum absolute atomic E-state index is 14.6. The molecule has 10 heteroatoms. The Hall–Kier alpha value is -5.35. The first-order valence-electron chi connectivity index (χ1n) is 14.6. The van der Waals surface area contributed by atoms with E-state index in [1.165, 1.54) is 30.1 Å². The number of carbonyl (C=O) groups excluding carboxylic acids is 1. The molecule has 0 saturated carbocycles. The van der Waals surface area contributed by atoms with Gasteiger partial charge in [-0.2, -0.15) is 0 Å². The predicted molar refractivity (Wildman–Crippen MR) is 178 cm³/mol. The minimum absolute atomic E-state index is 0.140. The zero-order valence-electron chi connectivity index (χ0n) is 26.0. The number of fused-ring (bicyclic) bond motifs is 2. The molecule has 4 aromatic carbocycles. The molecule has 1 aliphatic rings. The van der Waals surface area contributed by atoms with Crippen molar-refractivity contribution in [2.24, 2.45) is 4.99 Å². The molecular formula is C36H32N2O7S. The van der Waals surface area contributed by atoms with Crippen LogP contribution in [-0.4, -0.2) is 45.6 Å². The Morgan fingerprint density at radius 3 is 2.35 bits per heavy atom. The lowest BCUT2D eigenvalue weighted by molar-refractivity contribution is -0.138. The van der Waals surface area contributed by atoms with Crippen molar-refractivity contribution in [1.29, 1.82) is 0 Å². The maximum atomic E-state index is 14.6. The zero-order valence-corrected chi connectivity index (χ0v) is 26.8. The Morgan fingerprint density at radius 1 is 0.891 bits per heavy atom. The lowest BCUT2D eigenvalue weighted by atomic mass is 9.92. The molecular weight excluding hydrogens is 604 g/mol. The number of hydrogen-bond acceptors (Lipinski definition) is 9. The first-order valence-corrected chi connectivity index (χ1v) is 15.4. The van der Waals surface area contributed by atoms with Crippen LogP contribution in [0.1, 0.15) is 29.7 Å². The smallest absolute Gasteiger partial charge is 0.338 e. The Morgan fingerprint density at radius 2 is 1.65 bits per heavy atom. The number of thiazole rings is 1. The molecule has 0 N–H and O–H groups in total. The highest BCUT2D eigenvalue weighted by Crippen LogP contribution is 2.42. The number of rotatable bonds is 9. The van der Waals surface area contributed by atoms with Gasteiger partial charge in [-0.05, 0) is 48.0 Å². The molecule has 0 aliphatic carbocycles. The summed E-state index contributed by atoms with van der Waals surface area (Å²) in [5, 5.41) is 1.81. The number of aromatic nitrogens is 1. The fraction of sp³-hybridized carbons (Fsp3) is 0.194. The van der Waals surface area contributed by atoms with E-state index in [-0.39, 0.29) is 17.7 Å². The van der Waals surface area contributed by atoms with E-state index in [0.29, 0.717) is 54.7 Å². The third-order valence-electron chi connectivity index (χ3n) is 7.83. The quantitative estimate of drug-likeness (QED) is 0.207. The molecule has 1 aliphatic heterocycles. The van der Waals surface area contributed by atoms with Crippen molar-refractivity contribution in [1.82, 2.24) is 4.57 Å². The van der Waals surface area contributed by atoms with Crippen LogP contribution in [0, 0.1) is 0 Å². The SMILES string of the molecule is CCOC(=O)C1=C(c2ccccc2)N=c2sc(=Cc3c(OC)ccc4ccc(OC)cc34)c(=O)n2C1c1cccc(OC)c1OC. The minimum atomic E-state index is -0.938. The van der Waals surface area contributed by atoms with Crippen LogP contribution in [0.15, 0.2) is 94.2 Å². The molecule has 1 aromatic heterocycles. The van der Waals surface area contributed by atoms with Gasteiger partial charge in [0.15, 0.2) is 16.3 Å². The summed E-state index contributed by atoms with van der Waals surface area (Å²) in [5.41, 5.74) is 2.26. The van der Waals surface area contributed by atoms with Crippen LogP contribution in [0.25, 0.3) is 22.5 Å².